The van der Waals surface area contributed by atoms with Crippen LogP contribution in [0.15, 0.2) is 11.1 Å². The molecule has 0 aromatic rings. The fraction of sp³-hybridized carbons (Fsp3) is 0.867. The van der Waals surface area contributed by atoms with Gasteiger partial charge >= 0.3 is 0 Å². The van der Waals surface area contributed by atoms with E-state index >= 15 is 0 Å². The third-order valence-corrected chi connectivity index (χ3v) is 4.00. The maximum atomic E-state index is 5.81. The molecule has 1 heterocycles. The van der Waals surface area contributed by atoms with E-state index in [9.17, 15) is 0 Å². The Bertz CT molecular complexity index is 263. The van der Waals surface area contributed by atoms with E-state index < -0.39 is 0 Å². The lowest BCUT2D eigenvalue weighted by Crippen LogP contribution is -2.56. The van der Waals surface area contributed by atoms with Crippen molar-refractivity contribution in [2.75, 3.05) is 19.6 Å². The number of nitrogens with one attached hydrogen (secondary N) is 1. The molecule has 18 heavy (non-hydrogen) atoms. The highest BCUT2D eigenvalue weighted by Crippen LogP contribution is 2.17. The molecular formula is C15H29ClN2. The van der Waals surface area contributed by atoms with Crippen LogP contribution < -0.4 is 5.32 Å². The summed E-state index contributed by atoms with van der Waals surface area (Å²) in [5.74, 6) is 0.761. The van der Waals surface area contributed by atoms with Gasteiger partial charge in [0.2, 0.25) is 0 Å². The summed E-state index contributed by atoms with van der Waals surface area (Å²) in [4.78, 5) is 2.61. The predicted molar refractivity (Wildman–Crippen MR) is 81.1 cm³/mol. The van der Waals surface area contributed by atoms with E-state index in [1.807, 2.05) is 0 Å². The lowest BCUT2D eigenvalue weighted by molar-refractivity contribution is 0.125. The SMILES string of the molecule is CCCC1CNC(CC(C)C)CN1CC(C)=CCl. The van der Waals surface area contributed by atoms with E-state index in [0.29, 0.717) is 12.1 Å². The largest absolute Gasteiger partial charge is 0.311 e. The van der Waals surface area contributed by atoms with Crippen LogP contribution in [0.25, 0.3) is 0 Å². The lowest BCUT2D eigenvalue weighted by Gasteiger charge is -2.41. The first-order chi connectivity index (χ1) is 8.56. The van der Waals surface area contributed by atoms with Gasteiger partial charge in [-0.1, -0.05) is 38.8 Å². The molecule has 3 heteroatoms. The number of piperazine rings is 1. The molecular weight excluding hydrogens is 244 g/mol. The maximum Gasteiger partial charge on any atom is 0.0224 e. The van der Waals surface area contributed by atoms with Gasteiger partial charge in [0.15, 0.2) is 0 Å². The normalized spacial score (nSPS) is 26.9. The highest BCUT2D eigenvalue weighted by atomic mass is 35.5. The Morgan fingerprint density at radius 3 is 2.78 bits per heavy atom. The van der Waals surface area contributed by atoms with E-state index in [1.54, 1.807) is 5.54 Å². The van der Waals surface area contributed by atoms with Gasteiger partial charge in [-0.05, 0) is 31.3 Å². The van der Waals surface area contributed by atoms with Crippen LogP contribution in [0, 0.1) is 5.92 Å². The van der Waals surface area contributed by atoms with E-state index in [-0.39, 0.29) is 0 Å². The van der Waals surface area contributed by atoms with Gasteiger partial charge in [0.1, 0.15) is 0 Å². The van der Waals surface area contributed by atoms with Crippen molar-refractivity contribution in [1.82, 2.24) is 10.2 Å². The Hall–Kier alpha value is -0.0500. The minimum atomic E-state index is 0.640. The molecule has 0 aromatic carbocycles. The number of hydrogen-bond donors (Lipinski definition) is 1. The second kappa shape index (κ2) is 8.19. The lowest BCUT2D eigenvalue weighted by atomic mass is 9.98. The van der Waals surface area contributed by atoms with E-state index in [0.717, 1.165) is 25.6 Å². The second-order valence-electron chi connectivity index (χ2n) is 6.06. The van der Waals surface area contributed by atoms with Crippen LogP contribution in [-0.4, -0.2) is 36.6 Å². The molecule has 1 aliphatic heterocycles. The molecule has 0 aliphatic carbocycles. The molecule has 0 amide bonds. The summed E-state index contributed by atoms with van der Waals surface area (Å²) < 4.78 is 0. The van der Waals surface area contributed by atoms with Crippen molar-refractivity contribution >= 4 is 11.6 Å². The molecule has 2 nitrogen and oxygen atoms in total. The molecule has 2 unspecified atom stereocenters. The van der Waals surface area contributed by atoms with Crippen molar-refractivity contribution in [1.29, 1.82) is 0 Å². The number of nitrogens with zero attached hydrogens (tertiary/aromatic N) is 1. The predicted octanol–water partition coefficient (Wildman–Crippen LogP) is 3.62. The van der Waals surface area contributed by atoms with E-state index in [2.05, 4.69) is 37.9 Å². The summed E-state index contributed by atoms with van der Waals surface area (Å²) in [6.07, 6.45) is 3.79. The molecule has 1 rings (SSSR count). The average Bonchev–Trinajstić information content (AvgIpc) is 2.31. The van der Waals surface area contributed by atoms with Gasteiger partial charge < -0.3 is 5.32 Å². The van der Waals surface area contributed by atoms with E-state index in [1.165, 1.54) is 24.8 Å². The van der Waals surface area contributed by atoms with Gasteiger partial charge in [-0.25, -0.2) is 0 Å². The van der Waals surface area contributed by atoms with Crippen molar-refractivity contribution < 1.29 is 0 Å². The Morgan fingerprint density at radius 1 is 1.50 bits per heavy atom. The standard InChI is InChI=1S/C15H29ClN2/c1-5-6-15-9-17-14(7-12(2)3)11-18(15)10-13(4)8-16/h8,12,14-15,17H,5-7,9-11H2,1-4H3. The van der Waals surface area contributed by atoms with Crippen LogP contribution in [-0.2, 0) is 0 Å². The van der Waals surface area contributed by atoms with Crippen molar-refractivity contribution in [3.8, 4) is 0 Å². The molecule has 1 aliphatic rings. The molecule has 2 atom stereocenters. The summed E-state index contributed by atoms with van der Waals surface area (Å²) in [5, 5.41) is 3.71. The van der Waals surface area contributed by atoms with E-state index in [4.69, 9.17) is 11.6 Å². The first-order valence-electron chi connectivity index (χ1n) is 7.30. The van der Waals surface area contributed by atoms with Crippen molar-refractivity contribution in [2.24, 2.45) is 5.92 Å². The third-order valence-electron chi connectivity index (χ3n) is 3.63. The quantitative estimate of drug-likeness (QED) is 0.795. The summed E-state index contributed by atoms with van der Waals surface area (Å²) >= 11 is 5.81. The molecule has 1 saturated heterocycles. The Balaban J connectivity index is 2.58. The van der Waals surface area contributed by atoms with Crippen molar-refractivity contribution in [3.05, 3.63) is 11.1 Å². The molecule has 1 fully saturated rings. The highest BCUT2D eigenvalue weighted by Gasteiger charge is 2.27. The summed E-state index contributed by atoms with van der Waals surface area (Å²) in [6.45, 7) is 12.3. The van der Waals surface area contributed by atoms with Crippen LogP contribution >= 0.6 is 11.6 Å². The van der Waals surface area contributed by atoms with Crippen LogP contribution in [0.1, 0.15) is 47.0 Å². The number of hydrogen-bond acceptors (Lipinski definition) is 2. The average molecular weight is 273 g/mol. The molecule has 0 spiro atoms. The molecule has 0 saturated carbocycles. The zero-order valence-corrected chi connectivity index (χ0v) is 13.1. The highest BCUT2D eigenvalue weighted by molar-refractivity contribution is 6.25. The van der Waals surface area contributed by atoms with Gasteiger partial charge in [-0.15, -0.1) is 0 Å². The molecule has 0 radical (unpaired) electrons. The smallest absolute Gasteiger partial charge is 0.0224 e. The maximum absolute atomic E-state index is 5.81. The van der Waals surface area contributed by atoms with Gasteiger partial charge in [-0.3, -0.25) is 4.90 Å². The zero-order chi connectivity index (χ0) is 13.5. The van der Waals surface area contributed by atoms with Gasteiger partial charge in [0, 0.05) is 37.3 Å². The first-order valence-corrected chi connectivity index (χ1v) is 7.73. The number of rotatable bonds is 6. The number of halogens is 1. The Kier molecular flexibility index (Phi) is 7.28. The van der Waals surface area contributed by atoms with Crippen LogP contribution in [0.2, 0.25) is 0 Å². The summed E-state index contributed by atoms with van der Waals surface area (Å²) in [7, 11) is 0. The molecule has 106 valence electrons. The first kappa shape index (κ1) is 16.0. The minimum Gasteiger partial charge on any atom is -0.311 e. The summed E-state index contributed by atoms with van der Waals surface area (Å²) in [5.41, 5.74) is 2.99. The van der Waals surface area contributed by atoms with Crippen molar-refractivity contribution in [3.63, 3.8) is 0 Å². The van der Waals surface area contributed by atoms with Crippen LogP contribution in [0.3, 0.4) is 0 Å². The van der Waals surface area contributed by atoms with Gasteiger partial charge in [-0.2, -0.15) is 0 Å². The van der Waals surface area contributed by atoms with Crippen molar-refractivity contribution in [2.45, 2.75) is 59.0 Å². The minimum absolute atomic E-state index is 0.640. The molecule has 0 bridgehead atoms. The zero-order valence-electron chi connectivity index (χ0n) is 12.4. The second-order valence-corrected chi connectivity index (χ2v) is 6.28. The summed E-state index contributed by atoms with van der Waals surface area (Å²) in [6, 6.07) is 1.31. The van der Waals surface area contributed by atoms with Crippen LogP contribution in [0.5, 0.6) is 0 Å². The Labute approximate surface area is 118 Å². The molecule has 1 N–H and O–H groups in total. The third kappa shape index (κ3) is 5.29. The monoisotopic (exact) mass is 272 g/mol. The van der Waals surface area contributed by atoms with Crippen LogP contribution in [0.4, 0.5) is 0 Å². The van der Waals surface area contributed by atoms with Gasteiger partial charge in [0.05, 0.1) is 0 Å². The molecule has 0 aromatic heterocycles. The van der Waals surface area contributed by atoms with Gasteiger partial charge in [0.25, 0.3) is 0 Å². The Morgan fingerprint density at radius 2 is 2.22 bits per heavy atom. The topological polar surface area (TPSA) is 15.3 Å². The fourth-order valence-electron chi connectivity index (χ4n) is 2.82. The fourth-order valence-corrected chi connectivity index (χ4v) is 2.89.